The predicted molar refractivity (Wildman–Crippen MR) is 106 cm³/mol. The fourth-order valence-corrected chi connectivity index (χ4v) is 3.29. The summed E-state index contributed by atoms with van der Waals surface area (Å²) >= 11 is 6.10. The van der Waals surface area contributed by atoms with Crippen LogP contribution in [0.3, 0.4) is 0 Å². The van der Waals surface area contributed by atoms with Crippen LogP contribution in [0.15, 0.2) is 36.4 Å². The second-order valence-corrected chi connectivity index (χ2v) is 6.94. The Morgan fingerprint density at radius 3 is 2.73 bits per heavy atom. The van der Waals surface area contributed by atoms with Gasteiger partial charge in [0, 0.05) is 35.6 Å². The highest BCUT2D eigenvalue weighted by molar-refractivity contribution is 6.31. The number of nitrogens with one attached hydrogen (secondary N) is 2. The first kappa shape index (κ1) is 18.3. The van der Waals surface area contributed by atoms with Gasteiger partial charge in [-0.1, -0.05) is 17.7 Å². The van der Waals surface area contributed by atoms with Crippen molar-refractivity contribution in [1.29, 1.82) is 0 Å². The normalized spacial score (nSPS) is 13.9. The molecular formula is C20H22ClN3O2. The zero-order chi connectivity index (χ0) is 18.8. The highest BCUT2D eigenvalue weighted by atomic mass is 35.5. The summed E-state index contributed by atoms with van der Waals surface area (Å²) in [6.07, 6.45) is 0.826. The van der Waals surface area contributed by atoms with Gasteiger partial charge < -0.3 is 15.5 Å². The number of hydrogen-bond acceptors (Lipinski definition) is 3. The monoisotopic (exact) mass is 371 g/mol. The van der Waals surface area contributed by atoms with E-state index < -0.39 is 6.04 Å². The van der Waals surface area contributed by atoms with E-state index in [1.807, 2.05) is 44.2 Å². The van der Waals surface area contributed by atoms with Crippen LogP contribution in [-0.2, 0) is 16.0 Å². The topological polar surface area (TPSA) is 61.4 Å². The molecule has 0 radical (unpaired) electrons. The van der Waals surface area contributed by atoms with Gasteiger partial charge in [-0.25, -0.2) is 0 Å². The first-order valence-corrected chi connectivity index (χ1v) is 8.98. The Kier molecular flexibility index (Phi) is 5.18. The highest BCUT2D eigenvalue weighted by Crippen LogP contribution is 2.30. The Morgan fingerprint density at radius 1 is 1.23 bits per heavy atom. The lowest BCUT2D eigenvalue weighted by atomic mass is 10.1. The molecule has 0 saturated carbocycles. The molecule has 0 fully saturated rings. The largest absolute Gasteiger partial charge is 0.374 e. The maximum absolute atomic E-state index is 12.5. The average Bonchev–Trinajstić information content (AvgIpc) is 3.02. The molecule has 5 nitrogen and oxygen atoms in total. The van der Waals surface area contributed by atoms with Crippen LogP contribution in [0.1, 0.15) is 25.0 Å². The van der Waals surface area contributed by atoms with Crippen LogP contribution in [0.2, 0.25) is 5.02 Å². The molecule has 1 aliphatic heterocycles. The van der Waals surface area contributed by atoms with Crippen molar-refractivity contribution >= 4 is 40.5 Å². The first-order valence-electron chi connectivity index (χ1n) is 8.60. The van der Waals surface area contributed by atoms with E-state index in [4.69, 9.17) is 11.6 Å². The number of rotatable bonds is 4. The zero-order valence-electron chi connectivity index (χ0n) is 15.1. The van der Waals surface area contributed by atoms with Gasteiger partial charge >= 0.3 is 0 Å². The molecular weight excluding hydrogens is 350 g/mol. The summed E-state index contributed by atoms with van der Waals surface area (Å²) in [4.78, 5) is 25.9. The molecule has 2 aromatic rings. The molecule has 0 aromatic heterocycles. The minimum Gasteiger partial charge on any atom is -0.374 e. The van der Waals surface area contributed by atoms with Crippen molar-refractivity contribution in [3.63, 3.8) is 0 Å². The molecule has 0 saturated heterocycles. The van der Waals surface area contributed by atoms with Gasteiger partial charge in [-0.3, -0.25) is 9.59 Å². The van der Waals surface area contributed by atoms with Crippen molar-refractivity contribution < 1.29 is 9.59 Å². The van der Waals surface area contributed by atoms with E-state index in [1.54, 1.807) is 17.9 Å². The molecule has 0 spiro atoms. The third-order valence-corrected chi connectivity index (χ3v) is 5.07. The number of halogens is 1. The zero-order valence-corrected chi connectivity index (χ0v) is 15.9. The number of anilines is 3. The van der Waals surface area contributed by atoms with E-state index in [1.165, 1.54) is 0 Å². The number of carbonyl (C=O) groups is 2. The Morgan fingerprint density at radius 2 is 2.00 bits per heavy atom. The quantitative estimate of drug-likeness (QED) is 0.854. The first-order chi connectivity index (χ1) is 12.4. The van der Waals surface area contributed by atoms with Crippen LogP contribution < -0.4 is 15.5 Å². The Labute approximate surface area is 158 Å². The van der Waals surface area contributed by atoms with Gasteiger partial charge in [-0.2, -0.15) is 0 Å². The second kappa shape index (κ2) is 7.38. The molecule has 1 unspecified atom stereocenters. The lowest BCUT2D eigenvalue weighted by Crippen LogP contribution is -2.32. The number of amides is 2. The van der Waals surface area contributed by atoms with Crippen molar-refractivity contribution in [2.24, 2.45) is 0 Å². The van der Waals surface area contributed by atoms with Crippen LogP contribution in [0.5, 0.6) is 0 Å². The summed E-state index contributed by atoms with van der Waals surface area (Å²) in [5, 5.41) is 6.75. The molecule has 2 amide bonds. The van der Waals surface area contributed by atoms with E-state index in [-0.39, 0.29) is 11.8 Å². The van der Waals surface area contributed by atoms with Gasteiger partial charge in [0.1, 0.15) is 6.04 Å². The summed E-state index contributed by atoms with van der Waals surface area (Å²) in [6.45, 7) is 5.96. The molecule has 0 bridgehead atoms. The van der Waals surface area contributed by atoms with Crippen molar-refractivity contribution in [1.82, 2.24) is 0 Å². The standard InChI is InChI=1S/C20H22ClN3O2/c1-12-17(21)5-4-6-18(12)23-20(26)13(2)22-16-7-8-19-15(11-16)9-10-24(19)14(3)25/h4-8,11,13,22H,9-10H2,1-3H3,(H,23,26). The maximum Gasteiger partial charge on any atom is 0.246 e. The van der Waals surface area contributed by atoms with Gasteiger partial charge in [0.15, 0.2) is 0 Å². The molecule has 1 aliphatic rings. The molecule has 1 heterocycles. The number of nitrogens with zero attached hydrogens (tertiary/aromatic N) is 1. The van der Waals surface area contributed by atoms with Crippen LogP contribution in [0.4, 0.5) is 17.1 Å². The summed E-state index contributed by atoms with van der Waals surface area (Å²) < 4.78 is 0. The molecule has 2 N–H and O–H groups in total. The average molecular weight is 372 g/mol. The summed E-state index contributed by atoms with van der Waals surface area (Å²) in [5.74, 6) is -0.0877. The number of fused-ring (bicyclic) bond motifs is 1. The lowest BCUT2D eigenvalue weighted by Gasteiger charge is -2.18. The van der Waals surface area contributed by atoms with Gasteiger partial charge in [-0.05, 0) is 61.7 Å². The van der Waals surface area contributed by atoms with Crippen LogP contribution >= 0.6 is 11.6 Å². The van der Waals surface area contributed by atoms with E-state index in [0.29, 0.717) is 17.3 Å². The fourth-order valence-electron chi connectivity index (χ4n) is 3.12. The van der Waals surface area contributed by atoms with Crippen molar-refractivity contribution in [2.45, 2.75) is 33.2 Å². The van der Waals surface area contributed by atoms with E-state index in [9.17, 15) is 9.59 Å². The van der Waals surface area contributed by atoms with Gasteiger partial charge in [0.2, 0.25) is 11.8 Å². The summed E-state index contributed by atoms with van der Waals surface area (Å²) in [7, 11) is 0. The van der Waals surface area contributed by atoms with E-state index in [2.05, 4.69) is 10.6 Å². The maximum atomic E-state index is 12.5. The minimum atomic E-state index is -0.420. The number of benzene rings is 2. The summed E-state index contributed by atoms with van der Waals surface area (Å²) in [6, 6.07) is 10.8. The third-order valence-electron chi connectivity index (χ3n) is 4.66. The Hall–Kier alpha value is -2.53. The van der Waals surface area contributed by atoms with Gasteiger partial charge in [0.25, 0.3) is 0 Å². The molecule has 1 atom stereocenters. The van der Waals surface area contributed by atoms with Gasteiger partial charge in [-0.15, -0.1) is 0 Å². The number of hydrogen-bond donors (Lipinski definition) is 2. The molecule has 136 valence electrons. The SMILES string of the molecule is CC(=O)N1CCc2cc(NC(C)C(=O)Nc3cccc(Cl)c3C)ccc21. The number of carbonyl (C=O) groups excluding carboxylic acids is 2. The van der Waals surface area contributed by atoms with Gasteiger partial charge in [0.05, 0.1) is 0 Å². The molecule has 0 aliphatic carbocycles. The lowest BCUT2D eigenvalue weighted by molar-refractivity contribution is -0.117. The van der Waals surface area contributed by atoms with Crippen LogP contribution in [-0.4, -0.2) is 24.4 Å². The smallest absolute Gasteiger partial charge is 0.246 e. The predicted octanol–water partition coefficient (Wildman–Crippen LogP) is 4.00. The highest BCUT2D eigenvalue weighted by Gasteiger charge is 2.23. The molecule has 26 heavy (non-hydrogen) atoms. The molecule has 3 rings (SSSR count). The Balaban J connectivity index is 1.68. The molecule has 2 aromatic carbocycles. The van der Waals surface area contributed by atoms with E-state index >= 15 is 0 Å². The molecule has 6 heteroatoms. The second-order valence-electron chi connectivity index (χ2n) is 6.53. The third kappa shape index (κ3) is 3.68. The summed E-state index contributed by atoms with van der Waals surface area (Å²) in [5.41, 5.74) is 4.48. The van der Waals surface area contributed by atoms with Crippen LogP contribution in [0.25, 0.3) is 0 Å². The van der Waals surface area contributed by atoms with Crippen molar-refractivity contribution in [3.05, 3.63) is 52.5 Å². The fraction of sp³-hybridized carbons (Fsp3) is 0.300. The minimum absolute atomic E-state index is 0.0501. The Bertz CT molecular complexity index is 866. The van der Waals surface area contributed by atoms with E-state index in [0.717, 1.165) is 28.9 Å². The van der Waals surface area contributed by atoms with Crippen molar-refractivity contribution in [2.75, 3.05) is 22.1 Å². The van der Waals surface area contributed by atoms with Crippen molar-refractivity contribution in [3.8, 4) is 0 Å². The van der Waals surface area contributed by atoms with Crippen LogP contribution in [0, 0.1) is 6.92 Å².